The monoisotopic (exact) mass is 277 g/mol. The SMILES string of the molecule is COc1ncc(N2CCOc3c[nH]c(=O)cc32)cc1F. The van der Waals surface area contributed by atoms with Gasteiger partial charge in [0.25, 0.3) is 0 Å². The van der Waals surface area contributed by atoms with Crippen LogP contribution in [0.25, 0.3) is 0 Å². The van der Waals surface area contributed by atoms with Crippen LogP contribution in [0.4, 0.5) is 15.8 Å². The molecule has 2 aromatic rings. The van der Waals surface area contributed by atoms with Gasteiger partial charge in [0, 0.05) is 18.3 Å². The molecule has 0 spiro atoms. The fourth-order valence-corrected chi connectivity index (χ4v) is 2.12. The standard InChI is InChI=1S/C13H12FN3O3/c1-19-13-9(14)4-8(6-16-13)17-2-3-20-11-7-15-12(18)5-10(11)17/h4-7H,2-3H2,1H3,(H,15,18). The molecule has 3 heterocycles. The number of anilines is 2. The number of hydrogen-bond acceptors (Lipinski definition) is 5. The van der Waals surface area contributed by atoms with Gasteiger partial charge in [-0.2, -0.15) is 0 Å². The van der Waals surface area contributed by atoms with Crippen LogP contribution >= 0.6 is 0 Å². The average Bonchev–Trinajstić information content (AvgIpc) is 2.46. The second kappa shape index (κ2) is 4.84. The van der Waals surface area contributed by atoms with Crippen LogP contribution in [0.3, 0.4) is 0 Å². The van der Waals surface area contributed by atoms with Gasteiger partial charge in [0.05, 0.1) is 31.2 Å². The lowest BCUT2D eigenvalue weighted by atomic mass is 10.2. The molecule has 104 valence electrons. The molecular weight excluding hydrogens is 265 g/mol. The Labute approximate surface area is 113 Å². The molecule has 0 aliphatic carbocycles. The Kier molecular flexibility index (Phi) is 3.02. The zero-order valence-electron chi connectivity index (χ0n) is 10.7. The Bertz CT molecular complexity index is 702. The second-order valence-electron chi connectivity index (χ2n) is 4.23. The van der Waals surface area contributed by atoms with Gasteiger partial charge in [0.1, 0.15) is 6.61 Å². The maximum Gasteiger partial charge on any atom is 0.250 e. The summed E-state index contributed by atoms with van der Waals surface area (Å²) in [5, 5.41) is 0. The van der Waals surface area contributed by atoms with Crippen molar-refractivity contribution in [1.29, 1.82) is 0 Å². The zero-order chi connectivity index (χ0) is 14.1. The van der Waals surface area contributed by atoms with Crippen LogP contribution in [0.5, 0.6) is 11.6 Å². The molecule has 7 heteroatoms. The number of aromatic nitrogens is 2. The number of methoxy groups -OCH3 is 1. The molecule has 6 nitrogen and oxygen atoms in total. The van der Waals surface area contributed by atoms with Crippen molar-refractivity contribution < 1.29 is 13.9 Å². The highest BCUT2D eigenvalue weighted by Gasteiger charge is 2.21. The van der Waals surface area contributed by atoms with Crippen LogP contribution in [0.15, 0.2) is 29.3 Å². The Morgan fingerprint density at radius 2 is 2.35 bits per heavy atom. The summed E-state index contributed by atoms with van der Waals surface area (Å²) in [4.78, 5) is 19.7. The number of pyridine rings is 2. The minimum atomic E-state index is -0.553. The summed E-state index contributed by atoms with van der Waals surface area (Å²) < 4.78 is 24.0. The van der Waals surface area contributed by atoms with E-state index in [4.69, 9.17) is 9.47 Å². The van der Waals surface area contributed by atoms with Gasteiger partial charge >= 0.3 is 0 Å². The number of H-pyrrole nitrogens is 1. The highest BCUT2D eigenvalue weighted by molar-refractivity contribution is 5.69. The van der Waals surface area contributed by atoms with Crippen LogP contribution in [-0.2, 0) is 0 Å². The molecule has 0 amide bonds. The number of nitrogens with one attached hydrogen (secondary N) is 1. The number of rotatable bonds is 2. The first-order valence-corrected chi connectivity index (χ1v) is 6.01. The number of halogens is 1. The van der Waals surface area contributed by atoms with Crippen molar-refractivity contribution in [3.05, 3.63) is 40.7 Å². The summed E-state index contributed by atoms with van der Waals surface area (Å²) in [5.41, 5.74) is 0.881. The van der Waals surface area contributed by atoms with E-state index in [1.165, 1.54) is 31.6 Å². The van der Waals surface area contributed by atoms with Gasteiger partial charge < -0.3 is 19.4 Å². The molecule has 1 aliphatic rings. The minimum absolute atomic E-state index is 0.0619. The van der Waals surface area contributed by atoms with Crippen molar-refractivity contribution in [3.63, 3.8) is 0 Å². The van der Waals surface area contributed by atoms with E-state index < -0.39 is 5.82 Å². The molecule has 3 rings (SSSR count). The van der Waals surface area contributed by atoms with Crippen molar-refractivity contribution >= 4 is 11.4 Å². The van der Waals surface area contributed by atoms with Gasteiger partial charge in [0.2, 0.25) is 11.4 Å². The number of hydrogen-bond donors (Lipinski definition) is 1. The molecule has 0 bridgehead atoms. The Morgan fingerprint density at radius 1 is 1.50 bits per heavy atom. The number of aromatic amines is 1. The van der Waals surface area contributed by atoms with Crippen molar-refractivity contribution in [2.24, 2.45) is 0 Å². The van der Waals surface area contributed by atoms with Gasteiger partial charge in [-0.15, -0.1) is 0 Å². The van der Waals surface area contributed by atoms with Crippen LogP contribution in [0, 0.1) is 5.82 Å². The van der Waals surface area contributed by atoms with Crippen LogP contribution < -0.4 is 19.9 Å². The first kappa shape index (κ1) is 12.5. The third-order valence-corrected chi connectivity index (χ3v) is 3.03. The van der Waals surface area contributed by atoms with E-state index in [1.807, 2.05) is 0 Å². The summed E-state index contributed by atoms with van der Waals surface area (Å²) in [6.45, 7) is 0.941. The molecule has 1 N–H and O–H groups in total. The molecule has 0 atom stereocenters. The normalized spacial score (nSPS) is 13.6. The molecule has 1 aliphatic heterocycles. The van der Waals surface area contributed by atoms with Gasteiger partial charge in [0.15, 0.2) is 11.6 Å². The summed E-state index contributed by atoms with van der Waals surface area (Å²) in [5.74, 6) is -0.0666. The Morgan fingerprint density at radius 3 is 3.10 bits per heavy atom. The molecule has 0 saturated heterocycles. The number of fused-ring (bicyclic) bond motifs is 1. The van der Waals surface area contributed by atoms with Gasteiger partial charge in [-0.1, -0.05) is 0 Å². The molecular formula is C13H12FN3O3. The lowest BCUT2D eigenvalue weighted by molar-refractivity contribution is 0.312. The van der Waals surface area contributed by atoms with Crippen molar-refractivity contribution in [3.8, 4) is 11.6 Å². The second-order valence-corrected chi connectivity index (χ2v) is 4.23. The molecule has 0 fully saturated rings. The largest absolute Gasteiger partial charge is 0.488 e. The molecule has 20 heavy (non-hydrogen) atoms. The molecule has 0 aromatic carbocycles. The average molecular weight is 277 g/mol. The third-order valence-electron chi connectivity index (χ3n) is 3.03. The smallest absolute Gasteiger partial charge is 0.250 e. The first-order chi connectivity index (χ1) is 9.69. The predicted molar refractivity (Wildman–Crippen MR) is 70.3 cm³/mol. The van der Waals surface area contributed by atoms with Crippen molar-refractivity contribution in [2.75, 3.05) is 25.2 Å². The van der Waals surface area contributed by atoms with E-state index >= 15 is 0 Å². The fraction of sp³-hybridized carbons (Fsp3) is 0.231. The molecule has 2 aromatic heterocycles. The van der Waals surface area contributed by atoms with E-state index in [0.717, 1.165) is 0 Å². The number of nitrogens with zero attached hydrogens (tertiary/aromatic N) is 2. The zero-order valence-corrected chi connectivity index (χ0v) is 10.7. The summed E-state index contributed by atoms with van der Waals surface area (Å²) in [6, 6.07) is 2.73. The summed E-state index contributed by atoms with van der Waals surface area (Å²) in [6.07, 6.45) is 3.00. The predicted octanol–water partition coefficient (Wildman–Crippen LogP) is 1.45. The van der Waals surface area contributed by atoms with Crippen LogP contribution in [-0.4, -0.2) is 30.2 Å². The van der Waals surface area contributed by atoms with Crippen molar-refractivity contribution in [2.45, 2.75) is 0 Å². The Balaban J connectivity index is 2.06. The fourth-order valence-electron chi connectivity index (χ4n) is 2.12. The number of ether oxygens (including phenoxy) is 2. The first-order valence-electron chi connectivity index (χ1n) is 6.01. The van der Waals surface area contributed by atoms with Gasteiger partial charge in [-0.3, -0.25) is 4.79 Å². The van der Waals surface area contributed by atoms with Crippen LogP contribution in [0.1, 0.15) is 0 Å². The molecule has 0 radical (unpaired) electrons. The van der Waals surface area contributed by atoms with Crippen LogP contribution in [0.2, 0.25) is 0 Å². The van der Waals surface area contributed by atoms with Crippen molar-refractivity contribution in [1.82, 2.24) is 9.97 Å². The topological polar surface area (TPSA) is 67.5 Å². The van der Waals surface area contributed by atoms with Gasteiger partial charge in [-0.25, -0.2) is 9.37 Å². The van der Waals surface area contributed by atoms with E-state index in [9.17, 15) is 9.18 Å². The highest BCUT2D eigenvalue weighted by Crippen LogP contribution is 2.35. The molecule has 0 unspecified atom stereocenters. The summed E-state index contributed by atoms with van der Waals surface area (Å²) in [7, 11) is 1.36. The quantitative estimate of drug-likeness (QED) is 0.899. The van der Waals surface area contributed by atoms with Gasteiger partial charge in [-0.05, 0) is 0 Å². The maximum absolute atomic E-state index is 13.7. The summed E-state index contributed by atoms with van der Waals surface area (Å²) >= 11 is 0. The third kappa shape index (κ3) is 2.07. The van der Waals surface area contributed by atoms with E-state index in [2.05, 4.69) is 9.97 Å². The Hall–Kier alpha value is -2.57. The molecule has 0 saturated carbocycles. The minimum Gasteiger partial charge on any atom is -0.488 e. The highest BCUT2D eigenvalue weighted by atomic mass is 19.1. The van der Waals surface area contributed by atoms with E-state index in [-0.39, 0.29) is 11.4 Å². The maximum atomic E-state index is 13.7. The van der Waals surface area contributed by atoms with E-state index in [0.29, 0.717) is 30.3 Å². The lowest BCUT2D eigenvalue weighted by Crippen LogP contribution is -2.30. The lowest BCUT2D eigenvalue weighted by Gasteiger charge is -2.30. The van der Waals surface area contributed by atoms with E-state index in [1.54, 1.807) is 4.90 Å².